The van der Waals surface area contributed by atoms with Crippen LogP contribution in [0.3, 0.4) is 0 Å². The number of benzene rings is 2. The summed E-state index contributed by atoms with van der Waals surface area (Å²) < 4.78 is 19.8. The first-order valence-corrected chi connectivity index (χ1v) is 11.1. The Morgan fingerprint density at radius 1 is 1.15 bits per heavy atom. The normalized spacial score (nSPS) is 11.5. The maximum Gasteiger partial charge on any atom is 0.326 e. The highest BCUT2D eigenvalue weighted by Gasteiger charge is 2.25. The number of rotatable bonds is 11. The Bertz CT molecular complexity index is 1130. The SMILES string of the molecule is Cc1ccc(F)c(C(=O)N[C@@H](Cc2ccc(OCCCNc3ccccn3)cc2)C(=O)O)c1Cl. The summed E-state index contributed by atoms with van der Waals surface area (Å²) in [5.41, 5.74) is 0.824. The van der Waals surface area contributed by atoms with Crippen molar-refractivity contribution in [2.45, 2.75) is 25.8 Å². The van der Waals surface area contributed by atoms with Gasteiger partial charge in [-0.1, -0.05) is 35.9 Å². The van der Waals surface area contributed by atoms with Gasteiger partial charge >= 0.3 is 5.97 Å². The second-order valence-corrected chi connectivity index (χ2v) is 7.99. The molecular formula is C25H25ClFN3O4. The van der Waals surface area contributed by atoms with Crippen molar-refractivity contribution < 1.29 is 23.8 Å². The Balaban J connectivity index is 1.51. The van der Waals surface area contributed by atoms with Gasteiger partial charge in [-0.2, -0.15) is 0 Å². The first-order chi connectivity index (χ1) is 16.3. The number of anilines is 1. The molecule has 0 unspecified atom stereocenters. The fourth-order valence-corrected chi connectivity index (χ4v) is 3.44. The Labute approximate surface area is 201 Å². The molecule has 0 bridgehead atoms. The Morgan fingerprint density at radius 3 is 2.59 bits per heavy atom. The minimum Gasteiger partial charge on any atom is -0.494 e. The van der Waals surface area contributed by atoms with E-state index in [1.54, 1.807) is 37.4 Å². The van der Waals surface area contributed by atoms with Gasteiger partial charge in [0.2, 0.25) is 0 Å². The van der Waals surface area contributed by atoms with Gasteiger partial charge in [0.05, 0.1) is 17.2 Å². The van der Waals surface area contributed by atoms with Gasteiger partial charge in [0, 0.05) is 19.2 Å². The van der Waals surface area contributed by atoms with Crippen LogP contribution in [-0.2, 0) is 11.2 Å². The van der Waals surface area contributed by atoms with Crippen LogP contribution in [-0.4, -0.2) is 41.2 Å². The molecule has 7 nitrogen and oxygen atoms in total. The Hall–Kier alpha value is -3.65. The molecule has 3 aromatic rings. The van der Waals surface area contributed by atoms with E-state index in [0.29, 0.717) is 30.0 Å². The topological polar surface area (TPSA) is 101 Å². The average Bonchev–Trinajstić information content (AvgIpc) is 2.82. The molecule has 2 aromatic carbocycles. The highest BCUT2D eigenvalue weighted by molar-refractivity contribution is 6.34. The fraction of sp³-hybridized carbons (Fsp3) is 0.240. The maximum absolute atomic E-state index is 14.1. The van der Waals surface area contributed by atoms with Crippen LogP contribution in [0.25, 0.3) is 0 Å². The molecule has 1 amide bonds. The lowest BCUT2D eigenvalue weighted by atomic mass is 10.0. The van der Waals surface area contributed by atoms with Crippen molar-refractivity contribution in [1.29, 1.82) is 0 Å². The summed E-state index contributed by atoms with van der Waals surface area (Å²) in [4.78, 5) is 28.4. The number of carboxylic acids is 1. The fourth-order valence-electron chi connectivity index (χ4n) is 3.20. The highest BCUT2D eigenvalue weighted by Crippen LogP contribution is 2.23. The number of ether oxygens (including phenoxy) is 1. The molecule has 1 aromatic heterocycles. The lowest BCUT2D eigenvalue weighted by Crippen LogP contribution is -2.42. The van der Waals surface area contributed by atoms with Crippen LogP contribution < -0.4 is 15.4 Å². The molecule has 9 heteroatoms. The summed E-state index contributed by atoms with van der Waals surface area (Å²) in [5.74, 6) is -1.48. The molecule has 0 saturated heterocycles. The maximum atomic E-state index is 14.1. The van der Waals surface area contributed by atoms with Crippen molar-refractivity contribution in [2.75, 3.05) is 18.5 Å². The number of pyridine rings is 1. The molecule has 0 fully saturated rings. The van der Waals surface area contributed by atoms with Crippen molar-refractivity contribution in [3.8, 4) is 5.75 Å². The van der Waals surface area contributed by atoms with Gasteiger partial charge in [-0.15, -0.1) is 0 Å². The minimum absolute atomic E-state index is 0.0143. The standard InChI is InChI=1S/C25H25ClFN3O4/c1-16-6-11-19(27)22(23(16)26)24(31)30-20(25(32)33)15-17-7-9-18(10-8-17)34-14-4-13-29-21-5-2-3-12-28-21/h2-3,5-12,20H,4,13-15H2,1H3,(H,28,29)(H,30,31)(H,32,33)/t20-/m0/s1. The van der Waals surface area contributed by atoms with E-state index in [0.717, 1.165) is 18.3 Å². The third kappa shape index (κ3) is 6.92. The molecule has 0 spiro atoms. The number of aliphatic carboxylic acids is 1. The van der Waals surface area contributed by atoms with E-state index in [2.05, 4.69) is 15.6 Å². The summed E-state index contributed by atoms with van der Waals surface area (Å²) in [6.45, 7) is 2.84. The van der Waals surface area contributed by atoms with E-state index < -0.39 is 23.7 Å². The molecule has 0 saturated carbocycles. The van der Waals surface area contributed by atoms with Crippen LogP contribution in [0.1, 0.15) is 27.9 Å². The summed E-state index contributed by atoms with van der Waals surface area (Å²) in [7, 11) is 0. The monoisotopic (exact) mass is 485 g/mol. The predicted octanol–water partition coefficient (Wildman–Crippen LogP) is 4.49. The number of amides is 1. The van der Waals surface area contributed by atoms with E-state index in [1.807, 2.05) is 18.2 Å². The lowest BCUT2D eigenvalue weighted by molar-refractivity contribution is -0.139. The van der Waals surface area contributed by atoms with E-state index in [9.17, 15) is 19.1 Å². The van der Waals surface area contributed by atoms with Crippen LogP contribution >= 0.6 is 11.6 Å². The first kappa shape index (κ1) is 25.0. The van der Waals surface area contributed by atoms with E-state index in [4.69, 9.17) is 16.3 Å². The van der Waals surface area contributed by atoms with Crippen LogP contribution in [0.15, 0.2) is 60.8 Å². The van der Waals surface area contributed by atoms with Gasteiger partial charge in [0.25, 0.3) is 5.91 Å². The van der Waals surface area contributed by atoms with Gasteiger partial charge in [-0.05, 0) is 54.8 Å². The van der Waals surface area contributed by atoms with Gasteiger partial charge in [-0.3, -0.25) is 4.79 Å². The van der Waals surface area contributed by atoms with Crippen LogP contribution in [0.5, 0.6) is 5.75 Å². The molecule has 0 aliphatic carbocycles. The number of hydrogen-bond acceptors (Lipinski definition) is 5. The number of nitrogens with zero attached hydrogens (tertiary/aromatic N) is 1. The van der Waals surface area contributed by atoms with E-state index in [1.165, 1.54) is 6.07 Å². The first-order valence-electron chi connectivity index (χ1n) is 10.7. The zero-order chi connectivity index (χ0) is 24.5. The molecular weight excluding hydrogens is 461 g/mol. The quantitative estimate of drug-likeness (QED) is 0.346. The molecule has 0 aliphatic heterocycles. The summed E-state index contributed by atoms with van der Waals surface area (Å²) in [6.07, 6.45) is 2.50. The van der Waals surface area contributed by atoms with Crippen molar-refractivity contribution in [3.63, 3.8) is 0 Å². The van der Waals surface area contributed by atoms with Crippen molar-refractivity contribution in [2.24, 2.45) is 0 Å². The molecule has 1 heterocycles. The molecule has 0 aliphatic rings. The summed E-state index contributed by atoms with van der Waals surface area (Å²) in [6, 6.07) is 13.9. The smallest absolute Gasteiger partial charge is 0.326 e. The largest absolute Gasteiger partial charge is 0.494 e. The highest BCUT2D eigenvalue weighted by atomic mass is 35.5. The number of hydrogen-bond donors (Lipinski definition) is 3. The number of aryl methyl sites for hydroxylation is 1. The number of aromatic nitrogens is 1. The molecule has 3 rings (SSSR count). The summed E-state index contributed by atoms with van der Waals surface area (Å²) in [5, 5.41) is 15.1. The van der Waals surface area contributed by atoms with Gasteiger partial charge in [0.1, 0.15) is 23.4 Å². The third-order valence-electron chi connectivity index (χ3n) is 5.04. The van der Waals surface area contributed by atoms with Gasteiger partial charge < -0.3 is 20.5 Å². The average molecular weight is 486 g/mol. The van der Waals surface area contributed by atoms with Crippen molar-refractivity contribution in [3.05, 3.63) is 88.3 Å². The third-order valence-corrected chi connectivity index (χ3v) is 5.53. The number of carboxylic acid groups (broad SMARTS) is 1. The Morgan fingerprint density at radius 2 is 1.91 bits per heavy atom. The second-order valence-electron chi connectivity index (χ2n) is 7.61. The molecule has 1 atom stereocenters. The minimum atomic E-state index is -1.26. The van der Waals surface area contributed by atoms with Crippen molar-refractivity contribution in [1.82, 2.24) is 10.3 Å². The van der Waals surface area contributed by atoms with Gasteiger partial charge in [0.15, 0.2) is 0 Å². The number of halogens is 2. The zero-order valence-corrected chi connectivity index (χ0v) is 19.3. The molecule has 34 heavy (non-hydrogen) atoms. The summed E-state index contributed by atoms with van der Waals surface area (Å²) >= 11 is 6.06. The van der Waals surface area contributed by atoms with E-state index in [-0.39, 0.29) is 17.0 Å². The molecule has 0 radical (unpaired) electrons. The number of carbonyl (C=O) groups excluding carboxylic acids is 1. The molecule has 178 valence electrons. The van der Waals surface area contributed by atoms with Crippen LogP contribution in [0, 0.1) is 12.7 Å². The number of carbonyl (C=O) groups is 2. The van der Waals surface area contributed by atoms with Crippen LogP contribution in [0.4, 0.5) is 10.2 Å². The van der Waals surface area contributed by atoms with Crippen LogP contribution in [0.2, 0.25) is 5.02 Å². The zero-order valence-electron chi connectivity index (χ0n) is 18.6. The van der Waals surface area contributed by atoms with E-state index >= 15 is 0 Å². The second kappa shape index (κ2) is 12.0. The predicted molar refractivity (Wildman–Crippen MR) is 128 cm³/mol. The molecule has 3 N–H and O–H groups in total. The van der Waals surface area contributed by atoms with Gasteiger partial charge in [-0.25, -0.2) is 14.2 Å². The van der Waals surface area contributed by atoms with Crippen molar-refractivity contribution >= 4 is 29.3 Å². The Kier molecular flexibility index (Phi) is 8.81. The number of nitrogens with one attached hydrogen (secondary N) is 2. The lowest BCUT2D eigenvalue weighted by Gasteiger charge is -2.16.